The second-order valence-electron chi connectivity index (χ2n) is 7.34. The summed E-state index contributed by atoms with van der Waals surface area (Å²) in [5, 5.41) is 2.09. The summed E-state index contributed by atoms with van der Waals surface area (Å²) in [7, 11) is -3.92. The molecule has 1 aliphatic rings. The molecule has 3 aromatic rings. The third-order valence-corrected chi connectivity index (χ3v) is 6.42. The Hall–Kier alpha value is -3.10. The number of unbranched alkanes of at least 4 members (excludes halogenated alkanes) is 1. The minimum atomic E-state index is -3.92. The van der Waals surface area contributed by atoms with E-state index in [0.29, 0.717) is 24.5 Å². The topological polar surface area (TPSA) is 93.7 Å². The van der Waals surface area contributed by atoms with E-state index in [1.807, 2.05) is 36.4 Å². The molecule has 7 nitrogen and oxygen atoms in total. The Kier molecular flexibility index (Phi) is 6.11. The first-order valence-corrected chi connectivity index (χ1v) is 11.7. The highest BCUT2D eigenvalue weighted by molar-refractivity contribution is 7.89. The van der Waals surface area contributed by atoms with Gasteiger partial charge >= 0.3 is 0 Å². The van der Waals surface area contributed by atoms with Crippen molar-refractivity contribution in [2.75, 3.05) is 6.61 Å². The Labute approximate surface area is 181 Å². The van der Waals surface area contributed by atoms with Gasteiger partial charge in [-0.3, -0.25) is 10.2 Å². The van der Waals surface area contributed by atoms with Gasteiger partial charge in [0.1, 0.15) is 11.5 Å². The predicted octanol–water partition coefficient (Wildman–Crippen LogP) is 3.33. The van der Waals surface area contributed by atoms with Crippen LogP contribution in [0.5, 0.6) is 11.5 Å². The summed E-state index contributed by atoms with van der Waals surface area (Å²) in [6.07, 6.45) is 1.50. The van der Waals surface area contributed by atoms with Gasteiger partial charge in [0.25, 0.3) is 15.9 Å². The zero-order valence-electron chi connectivity index (χ0n) is 17.1. The van der Waals surface area contributed by atoms with Crippen molar-refractivity contribution >= 4 is 26.7 Å². The molecule has 4 rings (SSSR count). The zero-order valence-corrected chi connectivity index (χ0v) is 17.9. The van der Waals surface area contributed by atoms with E-state index in [4.69, 9.17) is 9.47 Å². The van der Waals surface area contributed by atoms with Gasteiger partial charge in [0.2, 0.25) is 0 Å². The third-order valence-electron chi connectivity index (χ3n) is 5.16. The van der Waals surface area contributed by atoms with E-state index in [9.17, 15) is 13.2 Å². The van der Waals surface area contributed by atoms with Gasteiger partial charge in [-0.05, 0) is 47.5 Å². The summed E-state index contributed by atoms with van der Waals surface area (Å²) in [4.78, 5) is 14.7. The van der Waals surface area contributed by atoms with Gasteiger partial charge in [-0.2, -0.15) is 0 Å². The van der Waals surface area contributed by atoms with Crippen LogP contribution in [-0.4, -0.2) is 27.0 Å². The van der Waals surface area contributed by atoms with E-state index in [1.54, 1.807) is 12.1 Å². The van der Waals surface area contributed by atoms with Crippen LogP contribution in [0.25, 0.3) is 10.8 Å². The molecule has 3 aromatic carbocycles. The second-order valence-corrected chi connectivity index (χ2v) is 9.02. The summed E-state index contributed by atoms with van der Waals surface area (Å²) >= 11 is 0. The number of ether oxygens (including phenoxy) is 2. The average Bonchev–Trinajstić information content (AvgIpc) is 3.23. The second kappa shape index (κ2) is 8.95. The molecule has 1 heterocycles. The number of nitrogens with one attached hydrogen (secondary N) is 2. The van der Waals surface area contributed by atoms with Crippen LogP contribution in [-0.2, 0) is 21.2 Å². The smallest absolute Gasteiger partial charge is 0.276 e. The van der Waals surface area contributed by atoms with Crippen molar-refractivity contribution in [2.24, 2.45) is 0 Å². The molecule has 0 saturated heterocycles. The minimum Gasteiger partial charge on any atom is -0.494 e. The summed E-state index contributed by atoms with van der Waals surface area (Å²) < 4.78 is 36.3. The summed E-state index contributed by atoms with van der Waals surface area (Å²) in [6, 6.07) is 17.7. The van der Waals surface area contributed by atoms with E-state index in [2.05, 4.69) is 17.2 Å². The number of sulfonamides is 1. The predicted molar refractivity (Wildman–Crippen MR) is 117 cm³/mol. The molecular formula is C23H24N2O5S. The van der Waals surface area contributed by atoms with Gasteiger partial charge in [-0.15, -0.1) is 4.83 Å². The van der Waals surface area contributed by atoms with Crippen molar-refractivity contribution in [1.82, 2.24) is 10.3 Å². The Morgan fingerprint density at radius 3 is 2.65 bits per heavy atom. The van der Waals surface area contributed by atoms with E-state index in [-0.39, 0.29) is 4.90 Å². The first kappa shape index (κ1) is 21.1. The summed E-state index contributed by atoms with van der Waals surface area (Å²) in [5.74, 6) is 0.685. The van der Waals surface area contributed by atoms with Gasteiger partial charge in [-0.25, -0.2) is 8.42 Å². The largest absolute Gasteiger partial charge is 0.494 e. The molecule has 8 heteroatoms. The lowest BCUT2D eigenvalue weighted by atomic mass is 10.0. The number of carbonyl (C=O) groups excluding carboxylic acids is 1. The molecule has 0 fully saturated rings. The van der Waals surface area contributed by atoms with Gasteiger partial charge in [0.15, 0.2) is 6.10 Å². The lowest BCUT2D eigenvalue weighted by molar-refractivity contribution is -0.127. The average molecular weight is 441 g/mol. The Morgan fingerprint density at radius 1 is 1.10 bits per heavy atom. The molecule has 0 radical (unpaired) electrons. The van der Waals surface area contributed by atoms with E-state index >= 15 is 0 Å². The maximum absolute atomic E-state index is 12.5. The lowest BCUT2D eigenvalue weighted by Gasteiger charge is -2.13. The Morgan fingerprint density at radius 2 is 1.87 bits per heavy atom. The number of fused-ring (bicyclic) bond motifs is 3. The fourth-order valence-corrected chi connectivity index (χ4v) is 4.32. The number of benzene rings is 3. The number of hydrazine groups is 1. The van der Waals surface area contributed by atoms with Crippen LogP contribution in [0.2, 0.25) is 0 Å². The minimum absolute atomic E-state index is 0.0252. The molecular weight excluding hydrogens is 416 g/mol. The van der Waals surface area contributed by atoms with E-state index in [0.717, 1.165) is 29.2 Å². The van der Waals surface area contributed by atoms with Crippen molar-refractivity contribution in [2.45, 2.75) is 37.2 Å². The highest BCUT2D eigenvalue weighted by atomic mass is 32.2. The van der Waals surface area contributed by atoms with Crippen LogP contribution >= 0.6 is 0 Å². The van der Waals surface area contributed by atoms with Gasteiger partial charge in [0, 0.05) is 12.0 Å². The SMILES string of the molecule is CCCCOc1ccc(S(=O)(=O)NNC(=O)[C@@H]2Cc3c(ccc4ccccc34)O2)cc1. The fraction of sp³-hybridized carbons (Fsp3) is 0.261. The van der Waals surface area contributed by atoms with E-state index < -0.39 is 22.0 Å². The zero-order chi connectivity index (χ0) is 21.8. The van der Waals surface area contributed by atoms with Gasteiger partial charge in [-0.1, -0.05) is 43.7 Å². The van der Waals surface area contributed by atoms with Crippen molar-refractivity contribution in [1.29, 1.82) is 0 Å². The fourth-order valence-electron chi connectivity index (χ4n) is 3.47. The molecule has 0 unspecified atom stereocenters. The molecule has 1 amide bonds. The Balaban J connectivity index is 1.37. The van der Waals surface area contributed by atoms with Crippen LogP contribution in [0.1, 0.15) is 25.3 Å². The van der Waals surface area contributed by atoms with Crippen molar-refractivity contribution in [3.8, 4) is 11.5 Å². The van der Waals surface area contributed by atoms with Crippen LogP contribution in [0.15, 0.2) is 65.6 Å². The molecule has 31 heavy (non-hydrogen) atoms. The first-order chi connectivity index (χ1) is 15.0. The first-order valence-electron chi connectivity index (χ1n) is 10.2. The van der Waals surface area contributed by atoms with Crippen molar-refractivity contribution in [3.63, 3.8) is 0 Å². The van der Waals surface area contributed by atoms with E-state index in [1.165, 1.54) is 12.1 Å². The lowest BCUT2D eigenvalue weighted by Crippen LogP contribution is -2.47. The summed E-state index contributed by atoms with van der Waals surface area (Å²) in [6.45, 7) is 2.65. The van der Waals surface area contributed by atoms with Crippen LogP contribution in [0.3, 0.4) is 0 Å². The molecule has 0 saturated carbocycles. The molecule has 0 aliphatic carbocycles. The molecule has 0 aromatic heterocycles. The standard InChI is InChI=1S/C23H24N2O5S/c1-2-3-14-29-17-9-11-18(12-10-17)31(27,28)25-24-23(26)22-15-20-19-7-5-4-6-16(19)8-13-21(20)30-22/h4-13,22,25H,2-3,14-15H2,1H3,(H,24,26)/t22-/m0/s1. The highest BCUT2D eigenvalue weighted by Crippen LogP contribution is 2.35. The molecule has 1 atom stereocenters. The quantitative estimate of drug-likeness (QED) is 0.414. The molecule has 2 N–H and O–H groups in total. The van der Waals surface area contributed by atoms with Crippen LogP contribution < -0.4 is 19.7 Å². The van der Waals surface area contributed by atoms with Gasteiger partial charge < -0.3 is 9.47 Å². The molecule has 162 valence electrons. The third kappa shape index (κ3) is 4.65. The normalized spacial score (nSPS) is 15.3. The molecule has 0 spiro atoms. The van der Waals surface area contributed by atoms with Crippen LogP contribution in [0, 0.1) is 0 Å². The van der Waals surface area contributed by atoms with Gasteiger partial charge in [0.05, 0.1) is 11.5 Å². The number of rotatable bonds is 8. The van der Waals surface area contributed by atoms with Crippen molar-refractivity contribution < 1.29 is 22.7 Å². The van der Waals surface area contributed by atoms with Crippen LogP contribution in [0.4, 0.5) is 0 Å². The summed E-state index contributed by atoms with van der Waals surface area (Å²) in [5.41, 5.74) is 3.21. The number of hydrogen-bond acceptors (Lipinski definition) is 5. The maximum atomic E-state index is 12.5. The number of carbonyl (C=O) groups is 1. The Bertz CT molecular complexity index is 1190. The van der Waals surface area contributed by atoms with Crippen molar-refractivity contribution in [3.05, 3.63) is 66.2 Å². The molecule has 0 bridgehead atoms. The number of hydrogen-bond donors (Lipinski definition) is 2. The molecule has 1 aliphatic heterocycles. The monoisotopic (exact) mass is 440 g/mol. The highest BCUT2D eigenvalue weighted by Gasteiger charge is 2.31. The number of amides is 1. The maximum Gasteiger partial charge on any atom is 0.276 e.